The number of β-lactam (4-membered cyclic amide) rings is 1. The maximum Gasteiger partial charge on any atom is 0.352 e. The summed E-state index contributed by atoms with van der Waals surface area (Å²) in [5, 5.41) is 14.3. The fourth-order valence-electron chi connectivity index (χ4n) is 3.00. The lowest BCUT2D eigenvalue weighted by Crippen LogP contribution is -2.71. The van der Waals surface area contributed by atoms with E-state index in [-0.39, 0.29) is 28.1 Å². The number of alkyl halides is 1. The van der Waals surface area contributed by atoms with Gasteiger partial charge in [-0.3, -0.25) is 24.1 Å². The molecule has 2 aliphatic rings. The monoisotopic (exact) mass is 501 g/mol. The summed E-state index contributed by atoms with van der Waals surface area (Å²) in [6.45, 7) is 0. The molecule has 0 aromatic carbocycles. The number of thioether (sulfide) groups is 2. The van der Waals surface area contributed by atoms with E-state index in [9.17, 15) is 29.1 Å². The SMILES string of the molecule is CON=C(C(=O)CCl)C(=O)NC1C(=O)N2C(C(=O)O)=C(CSC(=O)c3ccco3)CSC12. The third-order valence-electron chi connectivity index (χ3n) is 4.42. The zero-order valence-corrected chi connectivity index (χ0v) is 18.8. The first-order chi connectivity index (χ1) is 15.3. The molecule has 0 aliphatic carbocycles. The average Bonchev–Trinajstić information content (AvgIpc) is 3.33. The molecule has 1 aromatic rings. The summed E-state index contributed by atoms with van der Waals surface area (Å²) in [6.07, 6.45) is 1.35. The molecule has 2 atom stereocenters. The number of amides is 2. The quantitative estimate of drug-likeness (QED) is 0.162. The number of hydrogen-bond donors (Lipinski definition) is 2. The first-order valence-electron chi connectivity index (χ1n) is 8.92. The van der Waals surface area contributed by atoms with Gasteiger partial charge in [0.05, 0.1) is 12.1 Å². The van der Waals surface area contributed by atoms with Crippen molar-refractivity contribution < 1.29 is 38.3 Å². The third kappa shape index (κ3) is 4.69. The Kier molecular flexibility index (Phi) is 7.64. The molecule has 2 N–H and O–H groups in total. The normalized spacial score (nSPS) is 20.4. The highest BCUT2D eigenvalue weighted by atomic mass is 35.5. The van der Waals surface area contributed by atoms with Gasteiger partial charge in [0, 0.05) is 11.5 Å². The predicted octanol–water partition coefficient (Wildman–Crippen LogP) is 0.702. The highest BCUT2D eigenvalue weighted by Crippen LogP contribution is 2.41. The van der Waals surface area contributed by atoms with E-state index in [4.69, 9.17) is 16.0 Å². The van der Waals surface area contributed by atoms with Gasteiger partial charge in [0.2, 0.25) is 11.5 Å². The first-order valence-corrected chi connectivity index (χ1v) is 11.5. The fourth-order valence-corrected chi connectivity index (χ4v) is 5.40. The van der Waals surface area contributed by atoms with Crippen LogP contribution in [0.3, 0.4) is 0 Å². The molecule has 1 aromatic heterocycles. The minimum absolute atomic E-state index is 0.0521. The number of oxime groups is 1. The number of nitrogens with one attached hydrogen (secondary N) is 1. The molecule has 2 aliphatic heterocycles. The number of ketones is 1. The summed E-state index contributed by atoms with van der Waals surface area (Å²) in [5.41, 5.74) is -0.440. The molecule has 2 unspecified atom stereocenters. The molecule has 32 heavy (non-hydrogen) atoms. The average molecular weight is 502 g/mol. The van der Waals surface area contributed by atoms with Gasteiger partial charge in [0.1, 0.15) is 24.2 Å². The largest absolute Gasteiger partial charge is 0.477 e. The molecular weight excluding hydrogens is 486 g/mol. The number of rotatable bonds is 9. The minimum Gasteiger partial charge on any atom is -0.477 e. The van der Waals surface area contributed by atoms with Crippen molar-refractivity contribution in [2.75, 3.05) is 24.5 Å². The summed E-state index contributed by atoms with van der Waals surface area (Å²) < 4.78 is 5.02. The number of carboxylic acids is 1. The Morgan fingerprint density at radius 2 is 2.19 bits per heavy atom. The number of halogens is 1. The van der Waals surface area contributed by atoms with E-state index >= 15 is 0 Å². The van der Waals surface area contributed by atoms with Crippen molar-refractivity contribution in [1.82, 2.24) is 10.2 Å². The van der Waals surface area contributed by atoms with Crippen LogP contribution in [-0.4, -0.2) is 80.3 Å². The van der Waals surface area contributed by atoms with E-state index in [0.717, 1.165) is 23.8 Å². The number of hydrogen-bond acceptors (Lipinski definition) is 10. The topological polar surface area (TPSA) is 156 Å². The summed E-state index contributed by atoms with van der Waals surface area (Å²) in [5.74, 6) is -3.84. The summed E-state index contributed by atoms with van der Waals surface area (Å²) >= 11 is 7.54. The first kappa shape index (κ1) is 23.9. The van der Waals surface area contributed by atoms with Crippen molar-refractivity contribution in [2.24, 2.45) is 5.16 Å². The van der Waals surface area contributed by atoms with Crippen molar-refractivity contribution in [3.05, 3.63) is 35.4 Å². The second-order valence-electron chi connectivity index (χ2n) is 6.35. The maximum atomic E-state index is 12.7. The smallest absolute Gasteiger partial charge is 0.352 e. The molecule has 3 heterocycles. The predicted molar refractivity (Wildman–Crippen MR) is 115 cm³/mol. The second-order valence-corrected chi connectivity index (χ2v) is 8.67. The molecule has 1 saturated heterocycles. The Hall–Kier alpha value is -2.77. The number of carboxylic acid groups (broad SMARTS) is 1. The molecule has 3 rings (SSSR count). The van der Waals surface area contributed by atoms with E-state index in [1.54, 1.807) is 6.07 Å². The van der Waals surface area contributed by atoms with Gasteiger partial charge in [-0.2, -0.15) is 0 Å². The molecule has 11 nitrogen and oxygen atoms in total. The number of carbonyl (C=O) groups excluding carboxylic acids is 4. The Balaban J connectivity index is 1.73. The molecule has 0 radical (unpaired) electrons. The Morgan fingerprint density at radius 1 is 1.44 bits per heavy atom. The highest BCUT2D eigenvalue weighted by Gasteiger charge is 2.54. The van der Waals surface area contributed by atoms with Crippen LogP contribution in [0.2, 0.25) is 0 Å². The van der Waals surface area contributed by atoms with Gasteiger partial charge < -0.3 is 19.7 Å². The van der Waals surface area contributed by atoms with Gasteiger partial charge in [0.25, 0.3) is 16.9 Å². The molecule has 0 saturated carbocycles. The fraction of sp³-hybridized carbons (Fsp3) is 0.333. The molecule has 2 amide bonds. The van der Waals surface area contributed by atoms with Crippen molar-refractivity contribution in [3.8, 4) is 0 Å². The molecule has 0 spiro atoms. The molecule has 14 heteroatoms. The molecule has 1 fully saturated rings. The third-order valence-corrected chi connectivity index (χ3v) is 6.96. The van der Waals surface area contributed by atoms with E-state index in [1.807, 2.05) is 0 Å². The van der Waals surface area contributed by atoms with Crippen LogP contribution in [0.4, 0.5) is 0 Å². The van der Waals surface area contributed by atoms with Gasteiger partial charge in [-0.15, -0.1) is 23.4 Å². The van der Waals surface area contributed by atoms with Crippen molar-refractivity contribution in [2.45, 2.75) is 11.4 Å². The van der Waals surface area contributed by atoms with Crippen molar-refractivity contribution in [3.63, 3.8) is 0 Å². The van der Waals surface area contributed by atoms with Crippen LogP contribution in [-0.2, 0) is 24.0 Å². The highest BCUT2D eigenvalue weighted by molar-refractivity contribution is 8.14. The zero-order valence-electron chi connectivity index (χ0n) is 16.4. The van der Waals surface area contributed by atoms with Gasteiger partial charge in [0.15, 0.2) is 5.76 Å². The maximum absolute atomic E-state index is 12.7. The van der Waals surface area contributed by atoms with Crippen LogP contribution in [0.1, 0.15) is 10.6 Å². The molecule has 170 valence electrons. The van der Waals surface area contributed by atoms with Gasteiger partial charge in [-0.05, 0) is 17.7 Å². The summed E-state index contributed by atoms with van der Waals surface area (Å²) in [6, 6.07) is 1.99. The lowest BCUT2D eigenvalue weighted by atomic mass is 10.0. The van der Waals surface area contributed by atoms with Gasteiger partial charge in [-0.1, -0.05) is 16.9 Å². The number of furan rings is 1. The Morgan fingerprint density at radius 3 is 2.78 bits per heavy atom. The summed E-state index contributed by atoms with van der Waals surface area (Å²) in [4.78, 5) is 66.3. The van der Waals surface area contributed by atoms with E-state index in [2.05, 4.69) is 15.3 Å². The van der Waals surface area contributed by atoms with Crippen LogP contribution in [0.5, 0.6) is 0 Å². The van der Waals surface area contributed by atoms with Crippen molar-refractivity contribution >= 4 is 69.5 Å². The second kappa shape index (κ2) is 10.2. The van der Waals surface area contributed by atoms with E-state index in [1.165, 1.54) is 24.1 Å². The Labute approximate surface area is 194 Å². The minimum atomic E-state index is -1.33. The van der Waals surface area contributed by atoms with Crippen LogP contribution >= 0.6 is 35.1 Å². The molecule has 0 bridgehead atoms. The van der Waals surface area contributed by atoms with E-state index < -0.39 is 46.6 Å². The summed E-state index contributed by atoms with van der Waals surface area (Å²) in [7, 11) is 1.14. The van der Waals surface area contributed by atoms with E-state index in [0.29, 0.717) is 5.57 Å². The number of carbonyl (C=O) groups is 5. The lowest BCUT2D eigenvalue weighted by molar-refractivity contribution is -0.150. The van der Waals surface area contributed by atoms with Crippen molar-refractivity contribution in [1.29, 1.82) is 0 Å². The van der Waals surface area contributed by atoms with Gasteiger partial charge in [-0.25, -0.2) is 4.79 Å². The zero-order chi connectivity index (χ0) is 23.4. The van der Waals surface area contributed by atoms with Crippen LogP contribution in [0.25, 0.3) is 0 Å². The standard InChI is InChI=1S/C18H16ClN3O8S2/c1-29-21-11(9(23)5-19)14(24)20-12-15(25)22-13(17(26)27)8(6-31-16(12)22)7-32-18(28)10-3-2-4-30-10/h2-4,12,16H,5-7H2,1H3,(H,20,24)(H,26,27). The number of fused-ring (bicyclic) bond motifs is 1. The lowest BCUT2D eigenvalue weighted by Gasteiger charge is -2.49. The number of nitrogens with zero attached hydrogens (tertiary/aromatic N) is 2. The number of aliphatic carboxylic acids is 1. The Bertz CT molecular complexity index is 1020. The van der Waals surface area contributed by atoms with Crippen LogP contribution in [0.15, 0.2) is 39.2 Å². The molecular formula is C18H16ClN3O8S2. The van der Waals surface area contributed by atoms with Crippen LogP contribution in [0, 0.1) is 0 Å². The number of Topliss-reactive ketones (excluding diaryl/α,β-unsaturated/α-hetero) is 1. The van der Waals surface area contributed by atoms with Gasteiger partial charge >= 0.3 is 5.97 Å². The van der Waals surface area contributed by atoms with Crippen LogP contribution < -0.4 is 5.32 Å².